The fraction of sp³-hybridized carbons (Fsp3) is 0.0833. The average Bonchev–Trinajstić information content (AvgIpc) is 2.69. The molecule has 2 heteroatoms. The van der Waals surface area contributed by atoms with Crippen molar-refractivity contribution in [2.24, 2.45) is 0 Å². The molecule has 1 aromatic carbocycles. The first-order chi connectivity index (χ1) is 6.86. The number of hydrogen-bond acceptors (Lipinski definition) is 1. The van der Waals surface area contributed by atoms with E-state index in [1.165, 1.54) is 11.1 Å². The van der Waals surface area contributed by atoms with Crippen molar-refractivity contribution in [2.45, 2.75) is 6.92 Å². The van der Waals surface area contributed by atoms with Crippen LogP contribution in [0.15, 0.2) is 36.5 Å². The molecule has 2 nitrogen and oxygen atoms in total. The molecule has 1 heterocycles. The lowest BCUT2D eigenvalue weighted by atomic mass is 10.1. The van der Waals surface area contributed by atoms with Crippen LogP contribution in [-0.4, -0.2) is 10.2 Å². The van der Waals surface area contributed by atoms with Gasteiger partial charge in [-0.15, -0.1) is 0 Å². The first-order valence-electron chi connectivity index (χ1n) is 4.59. The van der Waals surface area contributed by atoms with Crippen molar-refractivity contribution in [3.63, 3.8) is 0 Å². The summed E-state index contributed by atoms with van der Waals surface area (Å²) in [6.07, 6.45) is 5.86. The van der Waals surface area contributed by atoms with Crippen molar-refractivity contribution in [3.05, 3.63) is 53.3 Å². The second kappa shape index (κ2) is 3.92. The Morgan fingerprint density at radius 3 is 2.71 bits per heavy atom. The fourth-order valence-corrected chi connectivity index (χ4v) is 1.31. The maximum absolute atomic E-state index is 3.88. The Balaban J connectivity index is 2.23. The highest BCUT2D eigenvalue weighted by molar-refractivity contribution is 5.69. The number of benzene rings is 1. The summed E-state index contributed by atoms with van der Waals surface area (Å²) >= 11 is 0. The van der Waals surface area contributed by atoms with Gasteiger partial charge in [-0.25, -0.2) is 0 Å². The van der Waals surface area contributed by atoms with Crippen molar-refractivity contribution in [2.75, 3.05) is 0 Å². The third-order valence-electron chi connectivity index (χ3n) is 2.15. The number of aromatic nitrogens is 2. The van der Waals surface area contributed by atoms with Crippen LogP contribution in [0.25, 0.3) is 12.2 Å². The summed E-state index contributed by atoms with van der Waals surface area (Å²) in [5, 5.41) is 6.77. The first kappa shape index (κ1) is 8.75. The molecule has 0 radical (unpaired) electrons. The topological polar surface area (TPSA) is 28.7 Å². The smallest absolute Gasteiger partial charge is 0.0577 e. The number of nitrogens with one attached hydrogen (secondary N) is 1. The third kappa shape index (κ3) is 1.91. The summed E-state index contributed by atoms with van der Waals surface area (Å²) < 4.78 is 0. The Morgan fingerprint density at radius 1 is 1.14 bits per heavy atom. The molecule has 0 saturated carbocycles. The van der Waals surface area contributed by atoms with Crippen LogP contribution in [0.3, 0.4) is 0 Å². The van der Waals surface area contributed by atoms with E-state index in [4.69, 9.17) is 0 Å². The van der Waals surface area contributed by atoms with Gasteiger partial charge in [0.2, 0.25) is 0 Å². The summed E-state index contributed by atoms with van der Waals surface area (Å²) in [5.74, 6) is 0. The fourth-order valence-electron chi connectivity index (χ4n) is 1.31. The molecule has 2 rings (SSSR count). The number of hydrogen-bond donors (Lipinski definition) is 1. The minimum Gasteiger partial charge on any atom is -0.278 e. The summed E-state index contributed by atoms with van der Waals surface area (Å²) in [6.45, 7) is 2.10. The highest BCUT2D eigenvalue weighted by Gasteiger charge is 1.91. The van der Waals surface area contributed by atoms with E-state index in [-0.39, 0.29) is 0 Å². The Morgan fingerprint density at radius 2 is 2.00 bits per heavy atom. The van der Waals surface area contributed by atoms with Gasteiger partial charge in [0.15, 0.2) is 0 Å². The van der Waals surface area contributed by atoms with Crippen molar-refractivity contribution in [1.82, 2.24) is 10.2 Å². The van der Waals surface area contributed by atoms with Crippen LogP contribution in [-0.2, 0) is 0 Å². The van der Waals surface area contributed by atoms with Crippen molar-refractivity contribution < 1.29 is 0 Å². The van der Waals surface area contributed by atoms with Gasteiger partial charge in [0.1, 0.15) is 0 Å². The van der Waals surface area contributed by atoms with Gasteiger partial charge in [-0.1, -0.05) is 30.3 Å². The molecule has 1 N–H and O–H groups in total. The van der Waals surface area contributed by atoms with Crippen molar-refractivity contribution in [3.8, 4) is 0 Å². The molecule has 0 aliphatic heterocycles. The largest absolute Gasteiger partial charge is 0.278 e. The van der Waals surface area contributed by atoms with E-state index in [2.05, 4.69) is 35.3 Å². The summed E-state index contributed by atoms with van der Waals surface area (Å²) in [5.41, 5.74) is 3.54. The number of H-pyrrole nitrogens is 1. The monoisotopic (exact) mass is 184 g/mol. The maximum Gasteiger partial charge on any atom is 0.0577 e. The standard InChI is InChI=1S/C12H12N2/c1-10-4-2-3-5-11(10)6-7-12-8-9-13-14-12/h2-9H,1H3,(H,13,14)/b7-6+. The highest BCUT2D eigenvalue weighted by Crippen LogP contribution is 2.10. The van der Waals surface area contributed by atoms with Crippen molar-refractivity contribution in [1.29, 1.82) is 0 Å². The number of aryl methyl sites for hydroxylation is 1. The summed E-state index contributed by atoms with van der Waals surface area (Å²) in [7, 11) is 0. The van der Waals surface area contributed by atoms with E-state index >= 15 is 0 Å². The molecule has 70 valence electrons. The van der Waals surface area contributed by atoms with Gasteiger partial charge in [0, 0.05) is 6.20 Å². The molecule has 0 fully saturated rings. The molecule has 0 unspecified atom stereocenters. The van der Waals surface area contributed by atoms with Gasteiger partial charge in [0.25, 0.3) is 0 Å². The zero-order valence-corrected chi connectivity index (χ0v) is 8.07. The minimum atomic E-state index is 1.02. The number of aromatic amines is 1. The minimum absolute atomic E-state index is 1.02. The average molecular weight is 184 g/mol. The zero-order valence-electron chi connectivity index (χ0n) is 8.07. The molecule has 0 aliphatic rings. The second-order valence-corrected chi connectivity index (χ2v) is 3.20. The van der Waals surface area contributed by atoms with E-state index < -0.39 is 0 Å². The van der Waals surface area contributed by atoms with Gasteiger partial charge in [-0.05, 0) is 30.2 Å². The normalized spacial score (nSPS) is 10.9. The van der Waals surface area contributed by atoms with Crippen LogP contribution >= 0.6 is 0 Å². The van der Waals surface area contributed by atoms with Crippen LogP contribution in [0.5, 0.6) is 0 Å². The zero-order chi connectivity index (χ0) is 9.80. The highest BCUT2D eigenvalue weighted by atomic mass is 15.1. The van der Waals surface area contributed by atoms with E-state index in [1.807, 2.05) is 24.3 Å². The molecular weight excluding hydrogens is 172 g/mol. The first-order valence-corrected chi connectivity index (χ1v) is 4.59. The molecule has 0 bridgehead atoms. The van der Waals surface area contributed by atoms with Gasteiger partial charge < -0.3 is 0 Å². The van der Waals surface area contributed by atoms with E-state index in [9.17, 15) is 0 Å². The third-order valence-corrected chi connectivity index (χ3v) is 2.15. The molecule has 0 spiro atoms. The van der Waals surface area contributed by atoms with Crippen molar-refractivity contribution >= 4 is 12.2 Å². The second-order valence-electron chi connectivity index (χ2n) is 3.20. The molecule has 2 aromatic rings. The lowest BCUT2D eigenvalue weighted by Gasteiger charge is -1.97. The van der Waals surface area contributed by atoms with E-state index in [0.29, 0.717) is 0 Å². The molecular formula is C12H12N2. The Bertz CT molecular complexity index is 427. The van der Waals surface area contributed by atoms with Crippen LogP contribution in [0.1, 0.15) is 16.8 Å². The summed E-state index contributed by atoms with van der Waals surface area (Å²) in [4.78, 5) is 0. The van der Waals surface area contributed by atoms with Gasteiger partial charge >= 0.3 is 0 Å². The number of nitrogens with zero attached hydrogens (tertiary/aromatic N) is 1. The van der Waals surface area contributed by atoms with Crippen LogP contribution in [0.4, 0.5) is 0 Å². The van der Waals surface area contributed by atoms with Gasteiger partial charge in [-0.2, -0.15) is 5.10 Å². The van der Waals surface area contributed by atoms with Gasteiger partial charge in [-0.3, -0.25) is 5.10 Å². The molecule has 14 heavy (non-hydrogen) atoms. The SMILES string of the molecule is Cc1ccccc1/C=C/c1ccn[nH]1. The Kier molecular flexibility index (Phi) is 2.45. The molecule has 0 atom stereocenters. The quantitative estimate of drug-likeness (QED) is 0.763. The Hall–Kier alpha value is -1.83. The van der Waals surface area contributed by atoms with Crippen LogP contribution in [0.2, 0.25) is 0 Å². The lowest BCUT2D eigenvalue weighted by molar-refractivity contribution is 1.08. The summed E-state index contributed by atoms with van der Waals surface area (Å²) in [6, 6.07) is 10.2. The van der Waals surface area contributed by atoms with E-state index in [1.54, 1.807) is 6.20 Å². The molecule has 1 aromatic heterocycles. The van der Waals surface area contributed by atoms with E-state index in [0.717, 1.165) is 5.69 Å². The molecule has 0 aliphatic carbocycles. The van der Waals surface area contributed by atoms with Crippen LogP contribution in [0, 0.1) is 6.92 Å². The Labute approximate surface area is 83.3 Å². The molecule has 0 saturated heterocycles. The number of rotatable bonds is 2. The maximum atomic E-state index is 3.88. The van der Waals surface area contributed by atoms with Gasteiger partial charge in [0.05, 0.1) is 5.69 Å². The predicted molar refractivity (Wildman–Crippen MR) is 58.7 cm³/mol. The predicted octanol–water partition coefficient (Wildman–Crippen LogP) is 2.89. The van der Waals surface area contributed by atoms with Crippen LogP contribution < -0.4 is 0 Å². The molecule has 0 amide bonds. The lowest BCUT2D eigenvalue weighted by Crippen LogP contribution is -1.78.